The molecule has 0 bridgehead atoms. The Kier molecular flexibility index (Phi) is 3.28. The summed E-state index contributed by atoms with van der Waals surface area (Å²) in [7, 11) is 0. The Labute approximate surface area is 114 Å². The Morgan fingerprint density at radius 2 is 2.00 bits per heavy atom. The van der Waals surface area contributed by atoms with Crippen molar-refractivity contribution in [3.63, 3.8) is 0 Å². The Hall–Kier alpha value is -1.77. The number of nitrogen functional groups attached to an aromatic ring is 1. The minimum atomic E-state index is 0.587. The molecule has 3 heteroatoms. The van der Waals surface area contributed by atoms with Crippen molar-refractivity contribution in [1.29, 1.82) is 0 Å². The number of hydrogen-bond acceptors (Lipinski definition) is 2. The average molecular weight is 255 g/mol. The molecule has 1 aromatic carbocycles. The van der Waals surface area contributed by atoms with E-state index in [0.29, 0.717) is 6.04 Å². The lowest BCUT2D eigenvalue weighted by Crippen LogP contribution is -2.12. The highest BCUT2D eigenvalue weighted by Crippen LogP contribution is 2.31. The lowest BCUT2D eigenvalue weighted by Gasteiger charge is -2.21. The lowest BCUT2D eigenvalue weighted by molar-refractivity contribution is 0.329. The third kappa shape index (κ3) is 2.37. The summed E-state index contributed by atoms with van der Waals surface area (Å²) in [6.07, 6.45) is 10.7. The minimum absolute atomic E-state index is 0.587. The first-order valence-electron chi connectivity index (χ1n) is 7.15. The highest BCUT2D eigenvalue weighted by atomic mass is 15.3. The first-order valence-corrected chi connectivity index (χ1v) is 7.15. The number of hydrogen-bond donors (Lipinski definition) is 1. The van der Waals surface area contributed by atoms with Gasteiger partial charge < -0.3 is 5.73 Å². The van der Waals surface area contributed by atoms with Crippen molar-refractivity contribution in [3.8, 4) is 11.1 Å². The number of rotatable bonds is 2. The van der Waals surface area contributed by atoms with Crippen LogP contribution in [0.5, 0.6) is 0 Å². The summed E-state index contributed by atoms with van der Waals surface area (Å²) >= 11 is 0. The summed E-state index contributed by atoms with van der Waals surface area (Å²) in [5, 5.41) is 4.56. The van der Waals surface area contributed by atoms with E-state index in [1.54, 1.807) is 0 Å². The molecule has 0 radical (unpaired) electrons. The summed E-state index contributed by atoms with van der Waals surface area (Å²) in [5.41, 5.74) is 10.3. The van der Waals surface area contributed by atoms with Gasteiger partial charge in [-0.25, -0.2) is 0 Å². The van der Waals surface area contributed by atoms with Gasteiger partial charge in [0.1, 0.15) is 0 Å². The van der Waals surface area contributed by atoms with Crippen molar-refractivity contribution < 1.29 is 0 Å². The van der Waals surface area contributed by atoms with Gasteiger partial charge in [-0.3, -0.25) is 4.68 Å². The topological polar surface area (TPSA) is 43.8 Å². The van der Waals surface area contributed by atoms with E-state index in [-0.39, 0.29) is 0 Å². The van der Waals surface area contributed by atoms with E-state index in [9.17, 15) is 0 Å². The van der Waals surface area contributed by atoms with Crippen LogP contribution in [0.4, 0.5) is 5.69 Å². The van der Waals surface area contributed by atoms with E-state index in [0.717, 1.165) is 11.3 Å². The second-order valence-electron chi connectivity index (χ2n) is 5.52. The second-order valence-corrected chi connectivity index (χ2v) is 5.52. The molecular weight excluding hydrogens is 234 g/mol. The molecule has 0 spiro atoms. The Morgan fingerprint density at radius 3 is 2.79 bits per heavy atom. The molecule has 0 unspecified atom stereocenters. The monoisotopic (exact) mass is 255 g/mol. The van der Waals surface area contributed by atoms with Crippen LogP contribution in [0.15, 0.2) is 30.6 Å². The summed E-state index contributed by atoms with van der Waals surface area (Å²) in [6, 6.07) is 6.66. The maximum absolute atomic E-state index is 5.98. The van der Waals surface area contributed by atoms with Crippen LogP contribution in [-0.4, -0.2) is 9.78 Å². The van der Waals surface area contributed by atoms with Crippen molar-refractivity contribution in [2.45, 2.75) is 45.1 Å². The maximum atomic E-state index is 5.98. The molecule has 2 aromatic rings. The highest BCUT2D eigenvalue weighted by Gasteiger charge is 2.16. The molecule has 1 aliphatic rings. The summed E-state index contributed by atoms with van der Waals surface area (Å²) in [5.74, 6) is 0. The van der Waals surface area contributed by atoms with E-state index in [1.165, 1.54) is 43.2 Å². The molecule has 19 heavy (non-hydrogen) atoms. The molecule has 2 N–H and O–H groups in total. The molecular formula is C16H21N3. The quantitative estimate of drug-likeness (QED) is 0.826. The Bertz CT molecular complexity index is 565. The molecule has 100 valence electrons. The van der Waals surface area contributed by atoms with Crippen molar-refractivity contribution in [3.05, 3.63) is 36.2 Å². The zero-order valence-electron chi connectivity index (χ0n) is 11.5. The van der Waals surface area contributed by atoms with Gasteiger partial charge in [-0.1, -0.05) is 31.4 Å². The molecule has 0 amide bonds. The van der Waals surface area contributed by atoms with Gasteiger partial charge in [0.25, 0.3) is 0 Å². The molecule has 1 heterocycles. The third-order valence-electron chi connectivity index (χ3n) is 4.24. The number of nitrogens with zero attached hydrogens (tertiary/aromatic N) is 2. The minimum Gasteiger partial charge on any atom is -0.398 e. The Balaban J connectivity index is 1.90. The van der Waals surface area contributed by atoms with Gasteiger partial charge in [-0.2, -0.15) is 5.10 Å². The zero-order valence-corrected chi connectivity index (χ0v) is 11.5. The molecule has 1 fully saturated rings. The average Bonchev–Trinajstić information content (AvgIpc) is 2.92. The van der Waals surface area contributed by atoms with Crippen LogP contribution < -0.4 is 5.73 Å². The molecule has 0 aliphatic heterocycles. The number of aromatic nitrogens is 2. The van der Waals surface area contributed by atoms with Crippen molar-refractivity contribution in [2.24, 2.45) is 0 Å². The molecule has 1 aromatic heterocycles. The summed E-state index contributed by atoms with van der Waals surface area (Å²) in [6.45, 7) is 2.07. The molecule has 3 rings (SSSR count). The fourth-order valence-electron chi connectivity index (χ4n) is 2.99. The molecule has 1 aliphatic carbocycles. The highest BCUT2D eigenvalue weighted by molar-refractivity contribution is 5.71. The van der Waals surface area contributed by atoms with Gasteiger partial charge in [-0.05, 0) is 37.0 Å². The van der Waals surface area contributed by atoms with Crippen LogP contribution >= 0.6 is 0 Å². The molecule has 3 nitrogen and oxygen atoms in total. The summed E-state index contributed by atoms with van der Waals surface area (Å²) < 4.78 is 2.15. The predicted octanol–water partition coefficient (Wildman–Crippen LogP) is 3.95. The molecule has 0 atom stereocenters. The standard InChI is InChI=1S/C16H21N3/c1-12-15(8-5-9-16(12)17)13-10-18-19(11-13)14-6-3-2-4-7-14/h5,8-11,14H,2-4,6-7,17H2,1H3. The van der Waals surface area contributed by atoms with Crippen molar-refractivity contribution >= 4 is 5.69 Å². The number of anilines is 1. The lowest BCUT2D eigenvalue weighted by atomic mass is 9.95. The fraction of sp³-hybridized carbons (Fsp3) is 0.438. The first kappa shape index (κ1) is 12.3. The smallest absolute Gasteiger partial charge is 0.0568 e. The van der Waals surface area contributed by atoms with Crippen LogP contribution in [-0.2, 0) is 0 Å². The third-order valence-corrected chi connectivity index (χ3v) is 4.24. The van der Waals surface area contributed by atoms with E-state index >= 15 is 0 Å². The molecule has 0 saturated heterocycles. The van der Waals surface area contributed by atoms with Crippen LogP contribution in [0.1, 0.15) is 43.7 Å². The van der Waals surface area contributed by atoms with E-state index in [1.807, 2.05) is 18.3 Å². The summed E-state index contributed by atoms with van der Waals surface area (Å²) in [4.78, 5) is 0. The fourth-order valence-corrected chi connectivity index (χ4v) is 2.99. The number of nitrogens with two attached hydrogens (primary N) is 1. The predicted molar refractivity (Wildman–Crippen MR) is 78.9 cm³/mol. The van der Waals surface area contributed by atoms with Crippen LogP contribution in [0, 0.1) is 6.92 Å². The van der Waals surface area contributed by atoms with Crippen LogP contribution in [0.2, 0.25) is 0 Å². The van der Waals surface area contributed by atoms with Crippen LogP contribution in [0.25, 0.3) is 11.1 Å². The maximum Gasteiger partial charge on any atom is 0.0568 e. The largest absolute Gasteiger partial charge is 0.398 e. The SMILES string of the molecule is Cc1c(N)cccc1-c1cnn(C2CCCCC2)c1. The van der Waals surface area contributed by atoms with Crippen molar-refractivity contribution in [2.75, 3.05) is 5.73 Å². The zero-order chi connectivity index (χ0) is 13.2. The second kappa shape index (κ2) is 5.08. The van der Waals surface area contributed by atoms with Gasteiger partial charge in [0.15, 0.2) is 0 Å². The van der Waals surface area contributed by atoms with Gasteiger partial charge in [0.2, 0.25) is 0 Å². The van der Waals surface area contributed by atoms with Crippen LogP contribution in [0.3, 0.4) is 0 Å². The van der Waals surface area contributed by atoms with Gasteiger partial charge in [0.05, 0.1) is 12.2 Å². The van der Waals surface area contributed by atoms with E-state index < -0.39 is 0 Å². The van der Waals surface area contributed by atoms with E-state index in [2.05, 4.69) is 29.0 Å². The van der Waals surface area contributed by atoms with E-state index in [4.69, 9.17) is 5.73 Å². The first-order chi connectivity index (χ1) is 9.25. The molecule has 1 saturated carbocycles. The normalized spacial score (nSPS) is 16.7. The van der Waals surface area contributed by atoms with Gasteiger partial charge in [-0.15, -0.1) is 0 Å². The Morgan fingerprint density at radius 1 is 1.21 bits per heavy atom. The van der Waals surface area contributed by atoms with Gasteiger partial charge in [0, 0.05) is 17.4 Å². The van der Waals surface area contributed by atoms with Crippen molar-refractivity contribution in [1.82, 2.24) is 9.78 Å². The van der Waals surface area contributed by atoms with Gasteiger partial charge >= 0.3 is 0 Å². The number of benzene rings is 1.